The summed E-state index contributed by atoms with van der Waals surface area (Å²) in [6, 6.07) is 74.0. The van der Waals surface area contributed by atoms with E-state index in [1.165, 1.54) is 32.7 Å². The highest BCUT2D eigenvalue weighted by atomic mass is 15.0. The molecule has 0 fully saturated rings. The molecule has 0 saturated heterocycles. The standard InChI is InChI=1S/C56H34N4/c57-35-36-28-30-37(31-29-36)41-19-12-20-42(34-41)54-58-55(49-26-11-8-22-44(49)38-14-2-1-3-15-38)60-56(59-54)53-48-25-10-9-24-47(48)52(46-27-13-18-39-16-4-6-21-43(39)46)51-45-23-7-5-17-40(45)32-33-50(51)53/h1-34H. The van der Waals surface area contributed by atoms with Gasteiger partial charge in [-0.15, -0.1) is 0 Å². The van der Waals surface area contributed by atoms with Crippen LogP contribution < -0.4 is 0 Å². The maximum absolute atomic E-state index is 9.45. The molecule has 10 aromatic carbocycles. The number of rotatable bonds is 6. The second kappa shape index (κ2) is 14.6. The molecule has 278 valence electrons. The van der Waals surface area contributed by atoms with Crippen LogP contribution in [0.4, 0.5) is 0 Å². The molecule has 0 aliphatic rings. The Morgan fingerprint density at radius 1 is 0.317 bits per heavy atom. The molecule has 0 spiro atoms. The summed E-state index contributed by atoms with van der Waals surface area (Å²) in [6.07, 6.45) is 0. The van der Waals surface area contributed by atoms with E-state index in [1.807, 2.05) is 42.5 Å². The van der Waals surface area contributed by atoms with Gasteiger partial charge in [0.25, 0.3) is 0 Å². The first-order chi connectivity index (χ1) is 29.7. The lowest BCUT2D eigenvalue weighted by Gasteiger charge is -2.20. The van der Waals surface area contributed by atoms with Crippen LogP contribution in [0, 0.1) is 11.3 Å². The van der Waals surface area contributed by atoms with Gasteiger partial charge in [-0.2, -0.15) is 5.26 Å². The number of hydrogen-bond acceptors (Lipinski definition) is 4. The Kier molecular flexibility index (Phi) is 8.50. The normalized spacial score (nSPS) is 11.3. The van der Waals surface area contributed by atoms with Gasteiger partial charge in [-0.25, -0.2) is 15.0 Å². The molecule has 1 heterocycles. The molecule has 11 aromatic rings. The van der Waals surface area contributed by atoms with Crippen molar-refractivity contribution >= 4 is 43.1 Å². The van der Waals surface area contributed by atoms with E-state index in [2.05, 4.69) is 170 Å². The predicted octanol–water partition coefficient (Wildman–Crippen LogP) is 14.4. The Balaban J connectivity index is 1.24. The second-order valence-corrected chi connectivity index (χ2v) is 15.0. The van der Waals surface area contributed by atoms with Crippen molar-refractivity contribution in [3.8, 4) is 73.6 Å². The lowest BCUT2D eigenvalue weighted by molar-refractivity contribution is 1.08. The maximum Gasteiger partial charge on any atom is 0.165 e. The van der Waals surface area contributed by atoms with Crippen LogP contribution in [0.2, 0.25) is 0 Å². The molecule has 4 heteroatoms. The summed E-state index contributed by atoms with van der Waals surface area (Å²) in [5.41, 5.74) is 9.88. The summed E-state index contributed by atoms with van der Waals surface area (Å²) in [5.74, 6) is 1.77. The third-order valence-electron chi connectivity index (χ3n) is 11.6. The Hall–Kier alpha value is -8.26. The Bertz CT molecular complexity index is 3490. The molecule has 4 nitrogen and oxygen atoms in total. The fourth-order valence-corrected chi connectivity index (χ4v) is 8.77. The molecular formula is C56H34N4. The first-order valence-electron chi connectivity index (χ1n) is 20.1. The average Bonchev–Trinajstić information content (AvgIpc) is 3.33. The first kappa shape index (κ1) is 34.9. The molecular weight excluding hydrogens is 729 g/mol. The first-order valence-corrected chi connectivity index (χ1v) is 20.1. The summed E-state index contributed by atoms with van der Waals surface area (Å²) in [5, 5.41) is 18.6. The summed E-state index contributed by atoms with van der Waals surface area (Å²) in [4.78, 5) is 16.2. The zero-order valence-corrected chi connectivity index (χ0v) is 32.4. The van der Waals surface area contributed by atoms with E-state index in [9.17, 15) is 5.26 Å². The monoisotopic (exact) mass is 762 g/mol. The van der Waals surface area contributed by atoms with Crippen molar-refractivity contribution in [1.29, 1.82) is 5.26 Å². The number of hydrogen-bond donors (Lipinski definition) is 0. The number of benzene rings is 10. The quantitative estimate of drug-likeness (QED) is 0.125. The van der Waals surface area contributed by atoms with Crippen LogP contribution in [-0.2, 0) is 0 Å². The van der Waals surface area contributed by atoms with E-state index in [1.54, 1.807) is 0 Å². The number of nitriles is 1. The Morgan fingerprint density at radius 2 is 0.867 bits per heavy atom. The topological polar surface area (TPSA) is 62.5 Å². The molecule has 11 rings (SSSR count). The fourth-order valence-electron chi connectivity index (χ4n) is 8.77. The zero-order valence-electron chi connectivity index (χ0n) is 32.4. The van der Waals surface area contributed by atoms with E-state index < -0.39 is 0 Å². The highest BCUT2D eigenvalue weighted by Gasteiger charge is 2.23. The van der Waals surface area contributed by atoms with Gasteiger partial charge in [-0.3, -0.25) is 0 Å². The molecule has 0 unspecified atom stereocenters. The molecule has 0 amide bonds. The van der Waals surface area contributed by atoms with Gasteiger partial charge in [0.15, 0.2) is 17.5 Å². The predicted molar refractivity (Wildman–Crippen MR) is 247 cm³/mol. The highest BCUT2D eigenvalue weighted by molar-refractivity contribution is 6.29. The molecule has 0 radical (unpaired) electrons. The van der Waals surface area contributed by atoms with Gasteiger partial charge in [-0.05, 0) is 94.7 Å². The minimum atomic E-state index is 0.574. The summed E-state index contributed by atoms with van der Waals surface area (Å²) < 4.78 is 0. The van der Waals surface area contributed by atoms with Gasteiger partial charge in [0.1, 0.15) is 0 Å². The van der Waals surface area contributed by atoms with E-state index >= 15 is 0 Å². The Labute approximate surface area is 347 Å². The van der Waals surface area contributed by atoms with Gasteiger partial charge >= 0.3 is 0 Å². The van der Waals surface area contributed by atoms with Crippen molar-refractivity contribution < 1.29 is 0 Å². The van der Waals surface area contributed by atoms with Crippen LogP contribution in [0.3, 0.4) is 0 Å². The SMILES string of the molecule is N#Cc1ccc(-c2cccc(-c3nc(-c4ccccc4-c4ccccc4)nc(-c4c5ccccc5c(-c5cccc6ccccc56)c5c4ccc4ccccc45)n3)c2)cc1. The van der Waals surface area contributed by atoms with Crippen LogP contribution in [0.15, 0.2) is 206 Å². The molecule has 0 aliphatic carbocycles. The van der Waals surface area contributed by atoms with E-state index in [0.29, 0.717) is 23.0 Å². The molecule has 0 aliphatic heterocycles. The van der Waals surface area contributed by atoms with Crippen LogP contribution in [0.5, 0.6) is 0 Å². The molecule has 0 atom stereocenters. The molecule has 0 saturated carbocycles. The van der Waals surface area contributed by atoms with Crippen molar-refractivity contribution in [2.24, 2.45) is 0 Å². The number of nitrogens with zero attached hydrogens (tertiary/aromatic N) is 4. The van der Waals surface area contributed by atoms with Crippen LogP contribution in [-0.4, -0.2) is 15.0 Å². The largest absolute Gasteiger partial charge is 0.208 e. The van der Waals surface area contributed by atoms with Crippen LogP contribution in [0.1, 0.15) is 5.56 Å². The third kappa shape index (κ3) is 5.97. The van der Waals surface area contributed by atoms with Gasteiger partial charge in [0.05, 0.1) is 11.6 Å². The second-order valence-electron chi connectivity index (χ2n) is 15.0. The summed E-state index contributed by atoms with van der Waals surface area (Å²) >= 11 is 0. The van der Waals surface area contributed by atoms with E-state index in [4.69, 9.17) is 15.0 Å². The lowest BCUT2D eigenvalue weighted by atomic mass is 9.84. The zero-order chi connectivity index (χ0) is 40.0. The van der Waals surface area contributed by atoms with Crippen LogP contribution in [0.25, 0.3) is 111 Å². The van der Waals surface area contributed by atoms with Crippen molar-refractivity contribution in [2.75, 3.05) is 0 Å². The third-order valence-corrected chi connectivity index (χ3v) is 11.6. The summed E-state index contributed by atoms with van der Waals surface area (Å²) in [7, 11) is 0. The minimum absolute atomic E-state index is 0.574. The molecule has 0 bridgehead atoms. The lowest BCUT2D eigenvalue weighted by Crippen LogP contribution is -2.02. The van der Waals surface area contributed by atoms with E-state index in [-0.39, 0.29) is 0 Å². The smallest absolute Gasteiger partial charge is 0.165 e. The Morgan fingerprint density at radius 3 is 1.65 bits per heavy atom. The van der Waals surface area contributed by atoms with Crippen molar-refractivity contribution in [2.45, 2.75) is 0 Å². The van der Waals surface area contributed by atoms with Gasteiger partial charge < -0.3 is 0 Å². The van der Waals surface area contributed by atoms with Crippen LogP contribution >= 0.6 is 0 Å². The average molecular weight is 763 g/mol. The van der Waals surface area contributed by atoms with Crippen molar-refractivity contribution in [1.82, 2.24) is 15.0 Å². The van der Waals surface area contributed by atoms with Gasteiger partial charge in [0, 0.05) is 16.7 Å². The number of fused-ring (bicyclic) bond motifs is 5. The van der Waals surface area contributed by atoms with E-state index in [0.717, 1.165) is 60.5 Å². The van der Waals surface area contributed by atoms with Crippen molar-refractivity contribution in [3.63, 3.8) is 0 Å². The van der Waals surface area contributed by atoms with Gasteiger partial charge in [0.2, 0.25) is 0 Å². The summed E-state index contributed by atoms with van der Waals surface area (Å²) in [6.45, 7) is 0. The highest BCUT2D eigenvalue weighted by Crippen LogP contribution is 2.47. The van der Waals surface area contributed by atoms with Crippen molar-refractivity contribution in [3.05, 3.63) is 212 Å². The minimum Gasteiger partial charge on any atom is -0.208 e. The molecule has 0 N–H and O–H groups in total. The number of aromatic nitrogens is 3. The maximum atomic E-state index is 9.45. The molecule has 60 heavy (non-hydrogen) atoms. The fraction of sp³-hybridized carbons (Fsp3) is 0. The molecule has 1 aromatic heterocycles. The van der Waals surface area contributed by atoms with Gasteiger partial charge in [-0.1, -0.05) is 188 Å².